The molecule has 0 spiro atoms. The summed E-state index contributed by atoms with van der Waals surface area (Å²) in [5, 5.41) is 21.7. The van der Waals surface area contributed by atoms with Gasteiger partial charge in [0.25, 0.3) is 5.69 Å². The second-order valence-corrected chi connectivity index (χ2v) is 8.79. The van der Waals surface area contributed by atoms with E-state index in [-0.39, 0.29) is 29.5 Å². The van der Waals surface area contributed by atoms with Crippen LogP contribution in [0.5, 0.6) is 0 Å². The van der Waals surface area contributed by atoms with E-state index < -0.39 is 34.9 Å². The van der Waals surface area contributed by atoms with E-state index in [1.165, 1.54) is 38.1 Å². The SMILES string of the molecule is CC(C)[C@H](N)CN[C@H](C(=O)N[C@@H](C)C(=O)N[C@@H](C)C(=O)Nc1ccc([N+](=O)[O-])cc1)C(C)C. The summed E-state index contributed by atoms with van der Waals surface area (Å²) in [4.78, 5) is 47.7. The normalized spacial score (nSPS) is 14.8. The third kappa shape index (κ3) is 9.15. The average Bonchev–Trinajstić information content (AvgIpc) is 2.73. The number of hydrogen-bond acceptors (Lipinski definition) is 7. The summed E-state index contributed by atoms with van der Waals surface area (Å²) in [6.07, 6.45) is 0. The maximum atomic E-state index is 12.7. The molecule has 33 heavy (non-hydrogen) atoms. The zero-order valence-electron chi connectivity index (χ0n) is 20.0. The molecule has 3 amide bonds. The molecule has 0 radical (unpaired) electrons. The predicted molar refractivity (Wildman–Crippen MR) is 126 cm³/mol. The molecular formula is C22H36N6O5. The molecule has 184 valence electrons. The highest BCUT2D eigenvalue weighted by molar-refractivity contribution is 5.98. The average molecular weight is 465 g/mol. The van der Waals surface area contributed by atoms with Crippen LogP contribution < -0.4 is 27.0 Å². The standard InChI is InChI=1S/C22H36N6O5/c1-12(2)18(23)11-24-19(13(3)4)22(31)26-14(5)20(29)25-15(6)21(30)27-16-7-9-17(10-8-16)28(32)33/h7-10,12-15,18-19,24H,11,23H2,1-6H3,(H,25,29)(H,26,31)(H,27,30)/t14-,15-,18+,19-/m0/s1. The van der Waals surface area contributed by atoms with Crippen LogP contribution in [0.4, 0.5) is 11.4 Å². The molecule has 11 heteroatoms. The van der Waals surface area contributed by atoms with Crippen molar-refractivity contribution in [2.24, 2.45) is 17.6 Å². The van der Waals surface area contributed by atoms with Crippen LogP contribution in [-0.4, -0.2) is 53.4 Å². The number of nitro groups is 1. The van der Waals surface area contributed by atoms with E-state index in [4.69, 9.17) is 5.73 Å². The summed E-state index contributed by atoms with van der Waals surface area (Å²) in [7, 11) is 0. The van der Waals surface area contributed by atoms with Gasteiger partial charge in [0.2, 0.25) is 17.7 Å². The molecule has 1 rings (SSSR count). The van der Waals surface area contributed by atoms with Crippen LogP contribution >= 0.6 is 0 Å². The van der Waals surface area contributed by atoms with Crippen molar-refractivity contribution in [3.8, 4) is 0 Å². The molecular weight excluding hydrogens is 428 g/mol. The van der Waals surface area contributed by atoms with Gasteiger partial charge >= 0.3 is 0 Å². The Kier molecular flexibility index (Phi) is 10.9. The van der Waals surface area contributed by atoms with Gasteiger partial charge in [0, 0.05) is 30.4 Å². The van der Waals surface area contributed by atoms with Crippen molar-refractivity contribution in [3.05, 3.63) is 34.4 Å². The summed E-state index contributed by atoms with van der Waals surface area (Å²) in [5.41, 5.74) is 6.31. The van der Waals surface area contributed by atoms with Crippen LogP contribution in [0.25, 0.3) is 0 Å². The molecule has 0 bridgehead atoms. The van der Waals surface area contributed by atoms with E-state index >= 15 is 0 Å². The van der Waals surface area contributed by atoms with E-state index in [0.29, 0.717) is 12.2 Å². The second-order valence-electron chi connectivity index (χ2n) is 8.79. The lowest BCUT2D eigenvalue weighted by atomic mass is 10.0. The van der Waals surface area contributed by atoms with E-state index in [9.17, 15) is 24.5 Å². The first kappa shape index (κ1) is 28.0. The molecule has 0 unspecified atom stereocenters. The van der Waals surface area contributed by atoms with Crippen molar-refractivity contribution >= 4 is 29.1 Å². The Hall–Kier alpha value is -3.05. The molecule has 1 aromatic carbocycles. The number of nitrogens with one attached hydrogen (secondary N) is 4. The quantitative estimate of drug-likeness (QED) is 0.228. The van der Waals surface area contributed by atoms with Gasteiger partial charge in [-0.05, 0) is 37.8 Å². The number of benzene rings is 1. The van der Waals surface area contributed by atoms with Crippen molar-refractivity contribution in [1.29, 1.82) is 0 Å². The van der Waals surface area contributed by atoms with E-state index in [1.54, 1.807) is 0 Å². The molecule has 0 aliphatic heterocycles. The van der Waals surface area contributed by atoms with Crippen molar-refractivity contribution in [2.45, 2.75) is 65.7 Å². The van der Waals surface area contributed by atoms with Gasteiger partial charge in [0.15, 0.2) is 0 Å². The molecule has 0 aromatic heterocycles. The summed E-state index contributed by atoms with van der Waals surface area (Å²) < 4.78 is 0. The molecule has 1 aromatic rings. The van der Waals surface area contributed by atoms with Gasteiger partial charge in [-0.2, -0.15) is 0 Å². The Labute approximate surface area is 194 Å². The van der Waals surface area contributed by atoms with Gasteiger partial charge in [-0.15, -0.1) is 0 Å². The lowest BCUT2D eigenvalue weighted by molar-refractivity contribution is -0.384. The fraction of sp³-hybridized carbons (Fsp3) is 0.591. The van der Waals surface area contributed by atoms with E-state index in [1.807, 2.05) is 27.7 Å². The third-order valence-electron chi connectivity index (χ3n) is 5.23. The fourth-order valence-corrected chi connectivity index (χ4v) is 2.82. The Morgan fingerprint density at radius 3 is 1.88 bits per heavy atom. The topological polar surface area (TPSA) is 168 Å². The minimum Gasteiger partial charge on any atom is -0.343 e. The lowest BCUT2D eigenvalue weighted by Crippen LogP contribution is -2.56. The summed E-state index contributed by atoms with van der Waals surface area (Å²) in [6.45, 7) is 11.3. The highest BCUT2D eigenvalue weighted by Gasteiger charge is 2.27. The zero-order chi connectivity index (χ0) is 25.3. The number of carbonyl (C=O) groups is 3. The predicted octanol–water partition coefficient (Wildman–Crippen LogP) is 1.14. The van der Waals surface area contributed by atoms with Gasteiger partial charge in [0.05, 0.1) is 11.0 Å². The Bertz CT molecular complexity index is 827. The number of carbonyl (C=O) groups excluding carboxylic acids is 3. The monoisotopic (exact) mass is 464 g/mol. The molecule has 6 N–H and O–H groups in total. The van der Waals surface area contributed by atoms with Crippen LogP contribution in [0, 0.1) is 22.0 Å². The van der Waals surface area contributed by atoms with Crippen molar-refractivity contribution in [3.63, 3.8) is 0 Å². The first-order chi connectivity index (χ1) is 15.3. The second kappa shape index (κ2) is 12.9. The van der Waals surface area contributed by atoms with Crippen LogP contribution in [0.2, 0.25) is 0 Å². The number of nitrogens with two attached hydrogens (primary N) is 1. The minimum absolute atomic E-state index is 0.0222. The van der Waals surface area contributed by atoms with E-state index in [2.05, 4.69) is 21.3 Å². The van der Waals surface area contributed by atoms with Gasteiger partial charge in [-0.1, -0.05) is 27.7 Å². The molecule has 0 saturated heterocycles. The maximum absolute atomic E-state index is 12.7. The zero-order valence-corrected chi connectivity index (χ0v) is 20.0. The number of hydrogen-bond donors (Lipinski definition) is 5. The number of nitro benzene ring substituents is 1. The number of rotatable bonds is 12. The van der Waals surface area contributed by atoms with Crippen molar-refractivity contribution in [1.82, 2.24) is 16.0 Å². The molecule has 0 fully saturated rings. The number of nitrogens with zero attached hydrogens (tertiary/aromatic N) is 1. The fourth-order valence-electron chi connectivity index (χ4n) is 2.82. The molecule has 0 aliphatic carbocycles. The highest BCUT2D eigenvalue weighted by Crippen LogP contribution is 2.15. The van der Waals surface area contributed by atoms with Gasteiger partial charge in [0.1, 0.15) is 12.1 Å². The summed E-state index contributed by atoms with van der Waals surface area (Å²) in [6, 6.07) is 2.95. The van der Waals surface area contributed by atoms with Crippen LogP contribution in [-0.2, 0) is 14.4 Å². The maximum Gasteiger partial charge on any atom is 0.269 e. The number of anilines is 1. The molecule has 0 aliphatic rings. The van der Waals surface area contributed by atoms with Crippen molar-refractivity contribution in [2.75, 3.05) is 11.9 Å². The van der Waals surface area contributed by atoms with Crippen LogP contribution in [0.3, 0.4) is 0 Å². The molecule has 4 atom stereocenters. The lowest BCUT2D eigenvalue weighted by Gasteiger charge is -2.26. The Balaban J connectivity index is 2.61. The first-order valence-electron chi connectivity index (χ1n) is 11.0. The smallest absolute Gasteiger partial charge is 0.269 e. The largest absolute Gasteiger partial charge is 0.343 e. The number of amides is 3. The van der Waals surface area contributed by atoms with Gasteiger partial charge < -0.3 is 27.0 Å². The van der Waals surface area contributed by atoms with Gasteiger partial charge in [-0.25, -0.2) is 0 Å². The number of non-ortho nitro benzene ring substituents is 1. The molecule has 0 saturated carbocycles. The van der Waals surface area contributed by atoms with Gasteiger partial charge in [-0.3, -0.25) is 24.5 Å². The highest BCUT2D eigenvalue weighted by atomic mass is 16.6. The van der Waals surface area contributed by atoms with E-state index in [0.717, 1.165) is 0 Å². The minimum atomic E-state index is -0.893. The summed E-state index contributed by atoms with van der Waals surface area (Å²) >= 11 is 0. The molecule has 0 heterocycles. The first-order valence-corrected chi connectivity index (χ1v) is 11.0. The summed E-state index contributed by atoms with van der Waals surface area (Å²) in [5.74, 6) is -1.11. The Morgan fingerprint density at radius 1 is 0.879 bits per heavy atom. The Morgan fingerprint density at radius 2 is 1.39 bits per heavy atom. The van der Waals surface area contributed by atoms with Crippen LogP contribution in [0.1, 0.15) is 41.5 Å². The van der Waals surface area contributed by atoms with Crippen molar-refractivity contribution < 1.29 is 19.3 Å². The van der Waals surface area contributed by atoms with Crippen LogP contribution in [0.15, 0.2) is 24.3 Å². The third-order valence-corrected chi connectivity index (χ3v) is 5.23. The molecule has 11 nitrogen and oxygen atoms in total.